The van der Waals surface area contributed by atoms with E-state index in [1.807, 2.05) is 6.20 Å². The number of aromatic amines is 1. The summed E-state index contributed by atoms with van der Waals surface area (Å²) in [4.78, 5) is 14.2. The lowest BCUT2D eigenvalue weighted by molar-refractivity contribution is -0.147. The average molecular weight is 262 g/mol. The van der Waals surface area contributed by atoms with Crippen LogP contribution in [0.15, 0.2) is 24.4 Å². The molecule has 0 saturated heterocycles. The van der Waals surface area contributed by atoms with Crippen molar-refractivity contribution in [3.05, 3.63) is 30.0 Å². The Morgan fingerprint density at radius 1 is 1.53 bits per heavy atom. The highest BCUT2D eigenvalue weighted by Gasteiger charge is 2.19. The number of H-pyrrole nitrogens is 1. The van der Waals surface area contributed by atoms with Gasteiger partial charge in [-0.1, -0.05) is 0 Å². The molecule has 0 radical (unpaired) electrons. The van der Waals surface area contributed by atoms with E-state index in [0.29, 0.717) is 6.42 Å². The van der Waals surface area contributed by atoms with Crippen LogP contribution in [0, 0.1) is 0 Å². The zero-order valence-corrected chi connectivity index (χ0v) is 11.0. The molecule has 5 nitrogen and oxygen atoms in total. The van der Waals surface area contributed by atoms with Gasteiger partial charge in [0.25, 0.3) is 0 Å². The first-order valence-corrected chi connectivity index (χ1v) is 6.19. The van der Waals surface area contributed by atoms with E-state index < -0.39 is 0 Å². The zero-order chi connectivity index (χ0) is 14.0. The van der Waals surface area contributed by atoms with Crippen molar-refractivity contribution in [2.24, 2.45) is 5.73 Å². The normalized spacial score (nSPS) is 14.3. The fourth-order valence-corrected chi connectivity index (χ4v) is 2.10. The van der Waals surface area contributed by atoms with Gasteiger partial charge >= 0.3 is 5.97 Å². The van der Waals surface area contributed by atoms with Gasteiger partial charge in [0.05, 0.1) is 0 Å². The Bertz CT molecular complexity index is 589. The first-order chi connectivity index (χ1) is 8.97. The number of nitrogens with one attached hydrogen (secondary N) is 1. The van der Waals surface area contributed by atoms with Crippen molar-refractivity contribution < 1.29 is 14.6 Å². The summed E-state index contributed by atoms with van der Waals surface area (Å²) in [6.07, 6.45) is 1.99. The van der Waals surface area contributed by atoms with Crippen LogP contribution in [0.2, 0.25) is 0 Å². The van der Waals surface area contributed by atoms with Crippen LogP contribution < -0.4 is 5.73 Å². The summed E-state index contributed by atoms with van der Waals surface area (Å²) < 4.78 is 5.22. The van der Waals surface area contributed by atoms with Crippen molar-refractivity contribution in [2.75, 3.05) is 0 Å². The molecule has 4 N–H and O–H groups in total. The lowest BCUT2D eigenvalue weighted by atomic mass is 10.0. The fraction of sp³-hybridized carbons (Fsp3) is 0.357. The minimum atomic E-state index is -0.376. The topological polar surface area (TPSA) is 88.3 Å². The van der Waals surface area contributed by atoms with Crippen LogP contribution in [0.5, 0.6) is 5.75 Å². The molecular weight excluding hydrogens is 244 g/mol. The molecular formula is C14H18N2O3. The van der Waals surface area contributed by atoms with Crippen molar-refractivity contribution in [3.8, 4) is 5.75 Å². The number of aromatic nitrogens is 1. The number of ether oxygens (including phenoxy) is 1. The second-order valence-corrected chi connectivity index (χ2v) is 4.75. The Morgan fingerprint density at radius 2 is 2.26 bits per heavy atom. The molecule has 0 spiro atoms. The van der Waals surface area contributed by atoms with Crippen molar-refractivity contribution in [2.45, 2.75) is 32.4 Å². The molecule has 0 aliphatic carbocycles. The third kappa shape index (κ3) is 3.06. The predicted octanol–water partition coefficient (Wildman–Crippen LogP) is 1.69. The standard InChI is InChI=1S/C14H18N2O3/c1-8(15)14(19-9(2)17)5-10-7-16-13-4-3-11(18)6-12(10)13/h3-4,6-8,14,16,18H,5,15H2,1-2H3. The summed E-state index contributed by atoms with van der Waals surface area (Å²) in [5.74, 6) is -0.136. The lowest BCUT2D eigenvalue weighted by Crippen LogP contribution is -2.36. The molecule has 1 aromatic carbocycles. The van der Waals surface area contributed by atoms with Gasteiger partial charge in [-0.3, -0.25) is 4.79 Å². The van der Waals surface area contributed by atoms with Gasteiger partial charge in [0.1, 0.15) is 11.9 Å². The molecule has 1 aromatic heterocycles. The van der Waals surface area contributed by atoms with Gasteiger partial charge in [-0.15, -0.1) is 0 Å². The van der Waals surface area contributed by atoms with Gasteiger partial charge in [0, 0.05) is 36.5 Å². The number of hydrogen-bond donors (Lipinski definition) is 3. The highest BCUT2D eigenvalue weighted by molar-refractivity contribution is 5.84. The predicted molar refractivity (Wildman–Crippen MR) is 72.9 cm³/mol. The summed E-state index contributed by atoms with van der Waals surface area (Å²) in [7, 11) is 0. The second-order valence-electron chi connectivity index (χ2n) is 4.75. The Hall–Kier alpha value is -2.01. The molecule has 0 amide bonds. The van der Waals surface area contributed by atoms with Crippen molar-refractivity contribution in [1.29, 1.82) is 0 Å². The molecule has 0 bridgehead atoms. The number of hydrogen-bond acceptors (Lipinski definition) is 4. The molecule has 0 fully saturated rings. The number of rotatable bonds is 4. The number of benzene rings is 1. The van der Waals surface area contributed by atoms with Crippen molar-refractivity contribution >= 4 is 16.9 Å². The van der Waals surface area contributed by atoms with Gasteiger partial charge in [-0.2, -0.15) is 0 Å². The lowest BCUT2D eigenvalue weighted by Gasteiger charge is -2.20. The molecule has 0 aliphatic rings. The van der Waals surface area contributed by atoms with Crippen LogP contribution in [0.3, 0.4) is 0 Å². The Balaban J connectivity index is 2.28. The molecule has 2 atom stereocenters. The zero-order valence-electron chi connectivity index (χ0n) is 11.0. The number of fused-ring (bicyclic) bond motifs is 1. The van der Waals surface area contributed by atoms with Crippen LogP contribution in [0.1, 0.15) is 19.4 Å². The van der Waals surface area contributed by atoms with Gasteiger partial charge in [-0.05, 0) is 30.7 Å². The maximum atomic E-state index is 11.1. The third-order valence-electron chi connectivity index (χ3n) is 3.08. The number of phenolic OH excluding ortho intramolecular Hbond substituents is 1. The average Bonchev–Trinajstić information content (AvgIpc) is 2.70. The first kappa shape index (κ1) is 13.4. The van der Waals surface area contributed by atoms with E-state index in [9.17, 15) is 9.90 Å². The highest BCUT2D eigenvalue weighted by atomic mass is 16.5. The van der Waals surface area contributed by atoms with Crippen LogP contribution >= 0.6 is 0 Å². The first-order valence-electron chi connectivity index (χ1n) is 6.19. The summed E-state index contributed by atoms with van der Waals surface area (Å²) in [6, 6.07) is 4.86. The molecule has 0 saturated carbocycles. The van der Waals surface area contributed by atoms with Crippen LogP contribution in [-0.2, 0) is 16.0 Å². The van der Waals surface area contributed by atoms with Crippen molar-refractivity contribution in [3.63, 3.8) is 0 Å². The molecule has 2 rings (SSSR count). The van der Waals surface area contributed by atoms with E-state index in [2.05, 4.69) is 4.98 Å². The van der Waals surface area contributed by atoms with E-state index in [-0.39, 0.29) is 23.9 Å². The van der Waals surface area contributed by atoms with Gasteiger partial charge < -0.3 is 20.6 Å². The molecule has 19 heavy (non-hydrogen) atoms. The summed E-state index contributed by atoms with van der Waals surface area (Å²) in [5.41, 5.74) is 7.74. The summed E-state index contributed by atoms with van der Waals surface area (Å²) >= 11 is 0. The maximum absolute atomic E-state index is 11.1. The van der Waals surface area contributed by atoms with E-state index in [0.717, 1.165) is 16.5 Å². The fourth-order valence-electron chi connectivity index (χ4n) is 2.10. The van der Waals surface area contributed by atoms with Crippen LogP contribution in [0.4, 0.5) is 0 Å². The van der Waals surface area contributed by atoms with Crippen LogP contribution in [0.25, 0.3) is 10.9 Å². The quantitative estimate of drug-likeness (QED) is 0.732. The molecule has 1 heterocycles. The summed E-state index contributed by atoms with van der Waals surface area (Å²) in [5, 5.41) is 10.5. The highest BCUT2D eigenvalue weighted by Crippen LogP contribution is 2.24. The molecule has 2 unspecified atom stereocenters. The third-order valence-corrected chi connectivity index (χ3v) is 3.08. The number of aromatic hydroxyl groups is 1. The van der Waals surface area contributed by atoms with Crippen LogP contribution in [-0.4, -0.2) is 28.2 Å². The Morgan fingerprint density at radius 3 is 2.89 bits per heavy atom. The number of carbonyl (C=O) groups is 1. The molecule has 5 heteroatoms. The van der Waals surface area contributed by atoms with Crippen molar-refractivity contribution in [1.82, 2.24) is 4.98 Å². The summed E-state index contributed by atoms with van der Waals surface area (Å²) in [6.45, 7) is 3.18. The van der Waals surface area contributed by atoms with Gasteiger partial charge in [0.15, 0.2) is 0 Å². The van der Waals surface area contributed by atoms with E-state index >= 15 is 0 Å². The van der Waals surface area contributed by atoms with E-state index in [1.165, 1.54) is 6.92 Å². The van der Waals surface area contributed by atoms with Gasteiger partial charge in [-0.25, -0.2) is 0 Å². The number of phenols is 1. The smallest absolute Gasteiger partial charge is 0.302 e. The number of nitrogens with two attached hydrogens (primary N) is 1. The minimum Gasteiger partial charge on any atom is -0.508 e. The second kappa shape index (κ2) is 5.32. The van der Waals surface area contributed by atoms with E-state index in [4.69, 9.17) is 10.5 Å². The number of esters is 1. The van der Waals surface area contributed by atoms with Gasteiger partial charge in [0.2, 0.25) is 0 Å². The SMILES string of the molecule is CC(=O)OC(Cc1c[nH]c2ccc(O)cc12)C(C)N. The molecule has 0 aliphatic heterocycles. The monoisotopic (exact) mass is 262 g/mol. The molecule has 2 aromatic rings. The van der Waals surface area contributed by atoms with E-state index in [1.54, 1.807) is 25.1 Å². The largest absolute Gasteiger partial charge is 0.508 e. The number of carbonyl (C=O) groups excluding carboxylic acids is 1. The maximum Gasteiger partial charge on any atom is 0.302 e. The molecule has 102 valence electrons. The Kier molecular flexibility index (Phi) is 3.76. The Labute approximate surface area is 111 Å². The minimum absolute atomic E-state index is 0.207.